The van der Waals surface area contributed by atoms with Crippen LogP contribution in [0.1, 0.15) is 31.8 Å². The second-order valence-electron chi connectivity index (χ2n) is 6.67. The Hall–Kier alpha value is -4.05. The van der Waals surface area contributed by atoms with Gasteiger partial charge in [-0.2, -0.15) is 5.10 Å². The molecule has 162 valence electrons. The zero-order valence-corrected chi connectivity index (χ0v) is 18.3. The van der Waals surface area contributed by atoms with Crippen LogP contribution in [0.15, 0.2) is 70.2 Å². The summed E-state index contributed by atoms with van der Waals surface area (Å²) in [6.45, 7) is 1.84. The summed E-state index contributed by atoms with van der Waals surface area (Å²) in [6, 6.07) is 16.0. The van der Waals surface area contributed by atoms with Crippen LogP contribution in [0.25, 0.3) is 0 Å². The molecule has 0 atom stereocenters. The summed E-state index contributed by atoms with van der Waals surface area (Å²) in [4.78, 5) is 34.9. The Labute approximate surface area is 191 Å². The highest BCUT2D eigenvalue weighted by molar-refractivity contribution is 9.10. The average Bonchev–Trinajstić information content (AvgIpc) is 2.76. The van der Waals surface area contributed by atoms with Gasteiger partial charge in [0.15, 0.2) is 0 Å². The number of nitrogens with one attached hydrogen (secondary N) is 2. The summed E-state index contributed by atoms with van der Waals surface area (Å²) in [5.41, 5.74) is 4.05. The van der Waals surface area contributed by atoms with Gasteiger partial charge in [-0.05, 0) is 48.9 Å². The van der Waals surface area contributed by atoms with Gasteiger partial charge >= 0.3 is 5.69 Å². The lowest BCUT2D eigenvalue weighted by molar-refractivity contribution is -0.385. The molecule has 3 rings (SSSR count). The molecule has 0 bridgehead atoms. The fraction of sp³-hybridized carbons (Fsp3) is 0.0455. The van der Waals surface area contributed by atoms with Crippen LogP contribution < -0.4 is 10.7 Å². The van der Waals surface area contributed by atoms with E-state index in [2.05, 4.69) is 31.8 Å². The monoisotopic (exact) mass is 496 g/mol. The van der Waals surface area contributed by atoms with Crippen molar-refractivity contribution in [3.05, 3.63) is 97.5 Å². The van der Waals surface area contributed by atoms with Gasteiger partial charge in [0.05, 0.1) is 11.1 Å². The van der Waals surface area contributed by atoms with Gasteiger partial charge in [0.25, 0.3) is 11.8 Å². The van der Waals surface area contributed by atoms with E-state index < -0.39 is 22.3 Å². The lowest BCUT2D eigenvalue weighted by atomic mass is 10.1. The predicted octanol–water partition coefficient (Wildman–Crippen LogP) is 4.39. The highest BCUT2D eigenvalue weighted by Crippen LogP contribution is 2.32. The van der Waals surface area contributed by atoms with Crippen LogP contribution >= 0.6 is 15.9 Å². The molecule has 3 aromatic rings. The number of benzene rings is 3. The first-order valence-corrected chi connectivity index (χ1v) is 10.0. The molecule has 0 aliphatic rings. The first-order valence-electron chi connectivity index (χ1n) is 9.23. The molecule has 0 aromatic heterocycles. The van der Waals surface area contributed by atoms with Crippen molar-refractivity contribution in [1.82, 2.24) is 5.43 Å². The van der Waals surface area contributed by atoms with E-state index in [0.29, 0.717) is 15.7 Å². The highest BCUT2D eigenvalue weighted by atomic mass is 79.9. The number of carbonyl (C=O) groups excluding carboxylic acids is 2. The zero-order valence-electron chi connectivity index (χ0n) is 16.7. The highest BCUT2D eigenvalue weighted by Gasteiger charge is 2.17. The third-order valence-electron chi connectivity index (χ3n) is 4.45. The van der Waals surface area contributed by atoms with Crippen LogP contribution in [0.4, 0.5) is 11.4 Å². The maximum Gasteiger partial charge on any atom is 0.312 e. The third kappa shape index (κ3) is 5.35. The number of rotatable bonds is 6. The van der Waals surface area contributed by atoms with Gasteiger partial charge in [0.1, 0.15) is 0 Å². The number of hydrazone groups is 1. The molecule has 3 N–H and O–H groups in total. The Morgan fingerprint density at radius 2 is 1.78 bits per heavy atom. The molecule has 0 aliphatic heterocycles. The van der Waals surface area contributed by atoms with Crippen LogP contribution in [0, 0.1) is 17.0 Å². The van der Waals surface area contributed by atoms with Gasteiger partial charge in [0, 0.05) is 32.9 Å². The fourth-order valence-electron chi connectivity index (χ4n) is 2.80. The molecule has 3 aromatic carbocycles. The van der Waals surface area contributed by atoms with Crippen molar-refractivity contribution in [2.75, 3.05) is 5.32 Å². The van der Waals surface area contributed by atoms with Gasteiger partial charge in [-0.15, -0.1) is 0 Å². The maximum atomic E-state index is 12.4. The second kappa shape index (κ2) is 9.84. The number of phenolic OH excluding ortho intramolecular Hbond substituents is 1. The lowest BCUT2D eigenvalue weighted by Gasteiger charge is -2.08. The molecular weight excluding hydrogens is 480 g/mol. The van der Waals surface area contributed by atoms with Crippen molar-refractivity contribution in [2.24, 2.45) is 5.10 Å². The maximum absolute atomic E-state index is 12.4. The number of carbonyl (C=O) groups is 2. The predicted molar refractivity (Wildman–Crippen MR) is 123 cm³/mol. The molecule has 0 saturated carbocycles. The summed E-state index contributed by atoms with van der Waals surface area (Å²) < 4.78 is 0.373. The Morgan fingerprint density at radius 3 is 2.44 bits per heavy atom. The van der Waals surface area contributed by atoms with Crippen molar-refractivity contribution >= 4 is 45.3 Å². The minimum absolute atomic E-state index is 0.0561. The topological polar surface area (TPSA) is 134 Å². The van der Waals surface area contributed by atoms with Crippen molar-refractivity contribution in [1.29, 1.82) is 0 Å². The number of hydrogen-bond acceptors (Lipinski definition) is 6. The summed E-state index contributed by atoms with van der Waals surface area (Å²) in [6.07, 6.45) is 1.10. The number of halogens is 1. The number of anilines is 1. The number of nitro groups is 1. The smallest absolute Gasteiger partial charge is 0.312 e. The number of aromatic hydroxyl groups is 1. The number of nitro benzene ring substituents is 1. The van der Waals surface area contributed by atoms with Crippen LogP contribution in [-0.4, -0.2) is 28.1 Å². The first kappa shape index (κ1) is 22.6. The van der Waals surface area contributed by atoms with E-state index in [-0.39, 0.29) is 17.0 Å². The van der Waals surface area contributed by atoms with Crippen LogP contribution in [0.3, 0.4) is 0 Å². The van der Waals surface area contributed by atoms with Crippen LogP contribution in [-0.2, 0) is 0 Å². The number of amides is 2. The summed E-state index contributed by atoms with van der Waals surface area (Å²) in [5, 5.41) is 27.4. The van der Waals surface area contributed by atoms with E-state index in [4.69, 9.17) is 0 Å². The normalized spacial score (nSPS) is 10.7. The molecule has 32 heavy (non-hydrogen) atoms. The molecule has 0 aliphatic carbocycles. The molecule has 9 nitrogen and oxygen atoms in total. The van der Waals surface area contributed by atoms with Crippen molar-refractivity contribution < 1.29 is 19.6 Å². The quantitative estimate of drug-likeness (QED) is 0.264. The number of hydrogen-bond donors (Lipinski definition) is 3. The minimum atomic E-state index is -0.727. The van der Waals surface area contributed by atoms with Crippen molar-refractivity contribution in [2.45, 2.75) is 6.92 Å². The molecule has 0 radical (unpaired) electrons. The van der Waals surface area contributed by atoms with E-state index >= 15 is 0 Å². The average molecular weight is 497 g/mol. The second-order valence-corrected chi connectivity index (χ2v) is 7.58. The summed E-state index contributed by atoms with van der Waals surface area (Å²) >= 11 is 3.12. The van der Waals surface area contributed by atoms with Gasteiger partial charge in [-0.25, -0.2) is 5.43 Å². The van der Waals surface area contributed by atoms with Crippen LogP contribution in [0.5, 0.6) is 5.75 Å². The fourth-order valence-corrected chi connectivity index (χ4v) is 3.26. The van der Waals surface area contributed by atoms with Crippen molar-refractivity contribution in [3.63, 3.8) is 0 Å². The molecule has 0 saturated heterocycles. The third-order valence-corrected chi connectivity index (χ3v) is 4.90. The molecule has 0 heterocycles. The Balaban J connectivity index is 1.65. The Kier molecular flexibility index (Phi) is 6.96. The first-order chi connectivity index (χ1) is 15.3. The van der Waals surface area contributed by atoms with Crippen LogP contribution in [0.2, 0.25) is 0 Å². The number of aryl methyl sites for hydroxylation is 1. The Bertz CT molecular complexity index is 1230. The molecule has 0 fully saturated rings. The van der Waals surface area contributed by atoms with Gasteiger partial charge in [-0.3, -0.25) is 19.7 Å². The number of phenols is 1. The summed E-state index contributed by atoms with van der Waals surface area (Å²) in [5.74, 6) is -1.36. The van der Waals surface area contributed by atoms with Gasteiger partial charge in [-0.1, -0.05) is 34.1 Å². The standard InChI is InChI=1S/C22H17BrN4O5/c1-13-4-2-3-5-18(13)22(30)25-17-8-6-14(7-9-17)21(29)26-24-12-15-10-16(23)11-19(20(15)28)27(31)32/h2-12,28H,1H3,(H,25,30)(H,26,29). The molecule has 0 spiro atoms. The molecule has 0 unspecified atom stereocenters. The van der Waals surface area contributed by atoms with E-state index in [9.17, 15) is 24.8 Å². The zero-order chi connectivity index (χ0) is 23.3. The SMILES string of the molecule is Cc1ccccc1C(=O)Nc1ccc(C(=O)NN=Cc2cc(Br)cc([N+](=O)[O-])c2O)cc1. The van der Waals surface area contributed by atoms with Gasteiger partial charge in [0.2, 0.25) is 5.75 Å². The van der Waals surface area contributed by atoms with E-state index in [0.717, 1.165) is 17.8 Å². The largest absolute Gasteiger partial charge is 0.502 e. The molecule has 10 heteroatoms. The van der Waals surface area contributed by atoms with E-state index in [1.165, 1.54) is 18.2 Å². The number of nitrogens with zero attached hydrogens (tertiary/aromatic N) is 2. The van der Waals surface area contributed by atoms with E-state index in [1.807, 2.05) is 19.1 Å². The molecule has 2 amide bonds. The summed E-state index contributed by atoms with van der Waals surface area (Å²) in [7, 11) is 0. The lowest BCUT2D eigenvalue weighted by Crippen LogP contribution is -2.18. The van der Waals surface area contributed by atoms with Crippen molar-refractivity contribution in [3.8, 4) is 5.75 Å². The molecular formula is C22H17BrN4O5. The minimum Gasteiger partial charge on any atom is -0.502 e. The Morgan fingerprint density at radius 1 is 1.09 bits per heavy atom. The van der Waals surface area contributed by atoms with Gasteiger partial charge < -0.3 is 10.4 Å². The van der Waals surface area contributed by atoms with E-state index in [1.54, 1.807) is 24.3 Å².